The summed E-state index contributed by atoms with van der Waals surface area (Å²) in [7, 11) is 0. The van der Waals surface area contributed by atoms with Crippen LogP contribution < -0.4 is 10.2 Å². The van der Waals surface area contributed by atoms with Crippen LogP contribution in [-0.4, -0.2) is 18.4 Å². The Hall–Kier alpha value is -1.81. The zero-order valence-electron chi connectivity index (χ0n) is 12.3. The zero-order valence-corrected chi connectivity index (χ0v) is 13.1. The van der Waals surface area contributed by atoms with E-state index in [9.17, 15) is 9.59 Å². The Kier molecular flexibility index (Phi) is 4.48. The second-order valence-corrected chi connectivity index (χ2v) is 6.24. The van der Waals surface area contributed by atoms with Crippen molar-refractivity contribution in [1.82, 2.24) is 0 Å². The van der Waals surface area contributed by atoms with Gasteiger partial charge >= 0.3 is 0 Å². The maximum Gasteiger partial charge on any atom is 0.227 e. The number of hydrogen-bond donors (Lipinski definition) is 1. The Morgan fingerprint density at radius 1 is 1.41 bits per heavy atom. The standard InChI is InChI=1S/C17H19ClN2O2/c18-14-11-13(19-16(21)10-12-4-1-2-5-12)7-8-15(14)20-9-3-6-17(20)22/h1,4,7-8,11-12H,2-3,5-6,9-10H2,(H,19,21)/t12-/m1/s1. The number of nitrogens with zero attached hydrogens (tertiary/aromatic N) is 1. The summed E-state index contributed by atoms with van der Waals surface area (Å²) < 4.78 is 0. The highest BCUT2D eigenvalue weighted by molar-refractivity contribution is 6.34. The lowest BCUT2D eigenvalue weighted by molar-refractivity contribution is -0.117. The van der Waals surface area contributed by atoms with Crippen molar-refractivity contribution in [3.63, 3.8) is 0 Å². The lowest BCUT2D eigenvalue weighted by atomic mass is 10.1. The molecule has 1 atom stereocenters. The Bertz CT molecular complexity index is 627. The molecule has 0 spiro atoms. The maximum absolute atomic E-state index is 12.0. The molecular weight excluding hydrogens is 300 g/mol. The molecule has 1 aromatic rings. The first kappa shape index (κ1) is 15.1. The van der Waals surface area contributed by atoms with Crippen molar-refractivity contribution in [3.05, 3.63) is 35.4 Å². The van der Waals surface area contributed by atoms with Gasteiger partial charge in [0.2, 0.25) is 11.8 Å². The summed E-state index contributed by atoms with van der Waals surface area (Å²) in [6.45, 7) is 0.707. The van der Waals surface area contributed by atoms with E-state index < -0.39 is 0 Å². The minimum atomic E-state index is -0.00221. The Morgan fingerprint density at radius 2 is 2.27 bits per heavy atom. The van der Waals surface area contributed by atoms with Crippen LogP contribution in [0.15, 0.2) is 30.4 Å². The summed E-state index contributed by atoms with van der Waals surface area (Å²) >= 11 is 6.27. The van der Waals surface area contributed by atoms with Crippen molar-refractivity contribution in [2.75, 3.05) is 16.8 Å². The number of anilines is 2. The normalized spacial score (nSPS) is 20.7. The van der Waals surface area contributed by atoms with Gasteiger partial charge in [0.25, 0.3) is 0 Å². The number of carbonyl (C=O) groups is 2. The first-order chi connectivity index (χ1) is 10.6. The predicted molar refractivity (Wildman–Crippen MR) is 88.1 cm³/mol. The first-order valence-corrected chi connectivity index (χ1v) is 8.08. The fourth-order valence-corrected chi connectivity index (χ4v) is 3.30. The van der Waals surface area contributed by atoms with Crippen LogP contribution >= 0.6 is 11.6 Å². The molecule has 116 valence electrons. The molecule has 2 amide bonds. The van der Waals surface area contributed by atoms with Gasteiger partial charge in [0.05, 0.1) is 10.7 Å². The summed E-state index contributed by atoms with van der Waals surface area (Å²) in [5.74, 6) is 0.446. The van der Waals surface area contributed by atoms with Gasteiger partial charge in [0.15, 0.2) is 0 Å². The highest BCUT2D eigenvalue weighted by Crippen LogP contribution is 2.32. The zero-order chi connectivity index (χ0) is 15.5. The number of allylic oxidation sites excluding steroid dienone is 2. The molecule has 0 radical (unpaired) electrons. The third kappa shape index (κ3) is 3.33. The second-order valence-electron chi connectivity index (χ2n) is 5.83. The summed E-state index contributed by atoms with van der Waals surface area (Å²) in [6, 6.07) is 5.32. The van der Waals surface area contributed by atoms with E-state index in [0.29, 0.717) is 36.0 Å². The van der Waals surface area contributed by atoms with Crippen LogP contribution in [0.2, 0.25) is 5.02 Å². The third-order valence-corrected chi connectivity index (χ3v) is 4.46. The summed E-state index contributed by atoms with van der Waals surface area (Å²) in [4.78, 5) is 25.5. The van der Waals surface area contributed by atoms with E-state index >= 15 is 0 Å². The SMILES string of the molecule is O=C(C[C@@H]1C=CCC1)Nc1ccc(N2CCCC2=O)c(Cl)c1. The summed E-state index contributed by atoms with van der Waals surface area (Å²) in [5.41, 5.74) is 1.40. The van der Waals surface area contributed by atoms with Crippen LogP contribution in [0, 0.1) is 5.92 Å². The summed E-state index contributed by atoms with van der Waals surface area (Å²) in [6.07, 6.45) is 8.27. The van der Waals surface area contributed by atoms with E-state index in [4.69, 9.17) is 11.6 Å². The van der Waals surface area contributed by atoms with Gasteiger partial charge in [-0.05, 0) is 43.4 Å². The molecule has 1 aromatic carbocycles. The number of benzene rings is 1. The van der Waals surface area contributed by atoms with Crippen LogP contribution in [0.3, 0.4) is 0 Å². The highest BCUT2D eigenvalue weighted by Gasteiger charge is 2.23. The van der Waals surface area contributed by atoms with Crippen LogP contribution in [0.4, 0.5) is 11.4 Å². The molecule has 4 nitrogen and oxygen atoms in total. The van der Waals surface area contributed by atoms with Crippen LogP contribution in [0.1, 0.15) is 32.1 Å². The molecule has 5 heteroatoms. The van der Waals surface area contributed by atoms with Crippen molar-refractivity contribution >= 4 is 34.8 Å². The Labute approximate surface area is 135 Å². The minimum Gasteiger partial charge on any atom is -0.326 e. The fourth-order valence-electron chi connectivity index (χ4n) is 3.02. The molecule has 22 heavy (non-hydrogen) atoms. The van der Waals surface area contributed by atoms with Crippen molar-refractivity contribution < 1.29 is 9.59 Å². The molecule has 1 N–H and O–H groups in total. The molecule has 0 unspecified atom stereocenters. The van der Waals surface area contributed by atoms with Gasteiger partial charge in [-0.15, -0.1) is 0 Å². The largest absolute Gasteiger partial charge is 0.326 e. The number of rotatable bonds is 4. The van der Waals surface area contributed by atoms with Gasteiger partial charge in [-0.1, -0.05) is 23.8 Å². The van der Waals surface area contributed by atoms with E-state index in [0.717, 1.165) is 24.9 Å². The Morgan fingerprint density at radius 3 is 2.91 bits per heavy atom. The average molecular weight is 319 g/mol. The molecule has 1 aliphatic heterocycles. The van der Waals surface area contributed by atoms with E-state index in [1.807, 2.05) is 0 Å². The van der Waals surface area contributed by atoms with Crippen LogP contribution in [-0.2, 0) is 9.59 Å². The summed E-state index contributed by atoms with van der Waals surface area (Å²) in [5, 5.41) is 3.37. The molecule has 1 fully saturated rings. The topological polar surface area (TPSA) is 49.4 Å². The van der Waals surface area contributed by atoms with E-state index in [1.54, 1.807) is 23.1 Å². The van der Waals surface area contributed by atoms with Crippen molar-refractivity contribution in [2.45, 2.75) is 32.1 Å². The molecule has 0 bridgehead atoms. The second kappa shape index (κ2) is 6.53. The lowest BCUT2D eigenvalue weighted by Gasteiger charge is -2.18. The number of hydrogen-bond acceptors (Lipinski definition) is 2. The average Bonchev–Trinajstić information content (AvgIpc) is 3.11. The third-order valence-electron chi connectivity index (χ3n) is 4.16. The van der Waals surface area contributed by atoms with Crippen molar-refractivity contribution in [3.8, 4) is 0 Å². The van der Waals surface area contributed by atoms with Gasteiger partial charge < -0.3 is 10.2 Å². The number of nitrogens with one attached hydrogen (secondary N) is 1. The molecule has 0 saturated carbocycles. The van der Waals surface area contributed by atoms with Crippen LogP contribution in [0.25, 0.3) is 0 Å². The molecule has 1 heterocycles. The van der Waals surface area contributed by atoms with Crippen molar-refractivity contribution in [1.29, 1.82) is 0 Å². The fraction of sp³-hybridized carbons (Fsp3) is 0.412. The van der Waals surface area contributed by atoms with E-state index in [2.05, 4.69) is 17.5 Å². The number of carbonyl (C=O) groups excluding carboxylic acids is 2. The smallest absolute Gasteiger partial charge is 0.227 e. The maximum atomic E-state index is 12.0. The Balaban J connectivity index is 1.65. The molecule has 1 aliphatic carbocycles. The molecule has 1 saturated heterocycles. The van der Waals surface area contributed by atoms with Gasteiger partial charge in [-0.3, -0.25) is 9.59 Å². The molecule has 2 aliphatic rings. The van der Waals surface area contributed by atoms with Gasteiger partial charge in [-0.25, -0.2) is 0 Å². The van der Waals surface area contributed by atoms with Gasteiger partial charge in [0, 0.05) is 25.1 Å². The van der Waals surface area contributed by atoms with Gasteiger partial charge in [0.1, 0.15) is 0 Å². The number of amides is 2. The van der Waals surface area contributed by atoms with E-state index in [-0.39, 0.29) is 11.8 Å². The lowest BCUT2D eigenvalue weighted by Crippen LogP contribution is -2.24. The first-order valence-electron chi connectivity index (χ1n) is 7.70. The van der Waals surface area contributed by atoms with E-state index in [1.165, 1.54) is 0 Å². The van der Waals surface area contributed by atoms with Gasteiger partial charge in [-0.2, -0.15) is 0 Å². The molecule has 3 rings (SSSR count). The number of halogens is 1. The quantitative estimate of drug-likeness (QED) is 0.859. The molecular formula is C17H19ClN2O2. The predicted octanol–water partition coefficient (Wildman–Crippen LogP) is 3.76. The molecule has 0 aromatic heterocycles. The monoisotopic (exact) mass is 318 g/mol. The highest BCUT2D eigenvalue weighted by atomic mass is 35.5. The van der Waals surface area contributed by atoms with Crippen molar-refractivity contribution in [2.24, 2.45) is 5.92 Å². The minimum absolute atomic E-state index is 0.00221. The van der Waals surface area contributed by atoms with Crippen LogP contribution in [0.5, 0.6) is 0 Å².